The van der Waals surface area contributed by atoms with Gasteiger partial charge in [-0.3, -0.25) is 0 Å². The van der Waals surface area contributed by atoms with E-state index in [1.807, 2.05) is 20.8 Å². The first-order valence-electron chi connectivity index (χ1n) is 6.08. The minimum absolute atomic E-state index is 0. The predicted molar refractivity (Wildman–Crippen MR) is 73.0 cm³/mol. The van der Waals surface area contributed by atoms with Gasteiger partial charge in [-0.2, -0.15) is 0 Å². The minimum atomic E-state index is -4.10. The third-order valence-electron chi connectivity index (χ3n) is 2.78. The molecule has 1 rings (SSSR count). The normalized spacial score (nSPS) is 10.9. The molecule has 0 amide bonds. The molecule has 0 aliphatic rings. The first-order valence-corrected chi connectivity index (χ1v) is 7.66. The van der Waals surface area contributed by atoms with Crippen LogP contribution in [0.5, 0.6) is 0 Å². The van der Waals surface area contributed by atoms with Gasteiger partial charge in [0.2, 0.25) is 0 Å². The smallest absolute Gasteiger partial charge is 0.748 e. The van der Waals surface area contributed by atoms with Crippen LogP contribution in [0.3, 0.4) is 0 Å². The maximum atomic E-state index is 10.6. The van der Waals surface area contributed by atoms with Gasteiger partial charge in [-0.1, -0.05) is 6.07 Å². The van der Waals surface area contributed by atoms with Crippen LogP contribution in [0.15, 0.2) is 18.2 Å². The number of hydrogen-bond acceptors (Lipinski definition) is 4. The van der Waals surface area contributed by atoms with Crippen molar-refractivity contribution < 1.29 is 42.5 Å². The molecule has 6 heteroatoms. The van der Waals surface area contributed by atoms with Crippen LogP contribution < -0.4 is 34.5 Å². The van der Waals surface area contributed by atoms with E-state index in [9.17, 15) is 13.0 Å². The summed E-state index contributed by atoms with van der Waals surface area (Å²) < 4.78 is 31.7. The van der Waals surface area contributed by atoms with E-state index in [4.69, 9.17) is 0 Å². The molecule has 0 bridgehead atoms. The number of benzene rings is 1. The van der Waals surface area contributed by atoms with Crippen molar-refractivity contribution in [2.75, 3.05) is 23.7 Å². The zero-order valence-electron chi connectivity index (χ0n) is 12.1. The Hall–Kier alpha value is -0.0700. The molecule has 0 saturated carbocycles. The summed E-state index contributed by atoms with van der Waals surface area (Å²) in [7, 11) is -4.10. The molecule has 0 radical (unpaired) electrons. The Bertz CT molecular complexity index is 482. The van der Waals surface area contributed by atoms with E-state index >= 15 is 0 Å². The zero-order chi connectivity index (χ0) is 13.8. The van der Waals surface area contributed by atoms with Crippen molar-refractivity contribution in [3.05, 3.63) is 29.3 Å². The number of hydrogen-bond donors (Lipinski definition) is 0. The minimum Gasteiger partial charge on any atom is -0.748 e. The predicted octanol–water partition coefficient (Wildman–Crippen LogP) is -0.931. The summed E-state index contributed by atoms with van der Waals surface area (Å²) in [6, 6.07) is 6.24. The Labute approximate surface area is 138 Å². The summed E-state index contributed by atoms with van der Waals surface area (Å²) in [6.07, 6.45) is 0.368. The van der Waals surface area contributed by atoms with E-state index in [0.717, 1.165) is 12.2 Å². The molecular weight excluding hydrogens is 273 g/mol. The van der Waals surface area contributed by atoms with E-state index in [0.29, 0.717) is 13.0 Å². The van der Waals surface area contributed by atoms with Gasteiger partial charge >= 0.3 is 29.6 Å². The second-order valence-corrected chi connectivity index (χ2v) is 6.06. The molecular formula is C13H20NNaO3S. The summed E-state index contributed by atoms with van der Waals surface area (Å²) in [6.45, 7) is 7.46. The van der Waals surface area contributed by atoms with Crippen LogP contribution in [0.4, 0.5) is 5.69 Å². The molecule has 0 unspecified atom stereocenters. The third kappa shape index (κ3) is 7.32. The fourth-order valence-electron chi connectivity index (χ4n) is 2.04. The fraction of sp³-hybridized carbons (Fsp3) is 0.538. The van der Waals surface area contributed by atoms with Crippen molar-refractivity contribution in [2.24, 2.45) is 0 Å². The third-order valence-corrected chi connectivity index (χ3v) is 3.56. The standard InChI is InChI=1S/C13H21NO3S.Na/c1-4-14(6-5-7-18(15,16)17)13-9-11(2)8-12(3)10-13;/h8-10H,4-7H2,1-3H3,(H,15,16,17);/q;+1/p-1. The van der Waals surface area contributed by atoms with E-state index in [2.05, 4.69) is 23.1 Å². The monoisotopic (exact) mass is 293 g/mol. The van der Waals surface area contributed by atoms with Crippen molar-refractivity contribution in [1.29, 1.82) is 0 Å². The molecule has 0 aromatic heterocycles. The maximum absolute atomic E-state index is 10.6. The van der Waals surface area contributed by atoms with Gasteiger partial charge in [-0.15, -0.1) is 0 Å². The maximum Gasteiger partial charge on any atom is 1.00 e. The van der Waals surface area contributed by atoms with E-state index in [1.54, 1.807) is 0 Å². The van der Waals surface area contributed by atoms with Gasteiger partial charge in [0.25, 0.3) is 0 Å². The molecule has 4 nitrogen and oxygen atoms in total. The van der Waals surface area contributed by atoms with Crippen molar-refractivity contribution in [2.45, 2.75) is 27.2 Å². The molecule has 1 aromatic rings. The van der Waals surface area contributed by atoms with Crippen LogP contribution in [0, 0.1) is 13.8 Å². The van der Waals surface area contributed by atoms with Gasteiger partial charge in [0.05, 0.1) is 10.1 Å². The topological polar surface area (TPSA) is 60.4 Å². The van der Waals surface area contributed by atoms with Gasteiger partial charge in [-0.05, 0) is 50.5 Å². The number of anilines is 1. The second kappa shape index (κ2) is 8.27. The first kappa shape index (κ1) is 18.9. The van der Waals surface area contributed by atoms with Crippen LogP contribution in [0.2, 0.25) is 0 Å². The van der Waals surface area contributed by atoms with Crippen molar-refractivity contribution in [3.63, 3.8) is 0 Å². The SMILES string of the molecule is CCN(CCCS(=O)(=O)[O-])c1cc(C)cc(C)c1.[Na+]. The van der Waals surface area contributed by atoms with E-state index in [1.165, 1.54) is 11.1 Å². The molecule has 0 aliphatic heterocycles. The van der Waals surface area contributed by atoms with Crippen LogP contribution >= 0.6 is 0 Å². The quantitative estimate of drug-likeness (QED) is 0.502. The van der Waals surface area contributed by atoms with Gasteiger partial charge in [0, 0.05) is 24.5 Å². The average Bonchev–Trinajstić information content (AvgIpc) is 2.21. The number of rotatable bonds is 6. The molecule has 0 heterocycles. The zero-order valence-corrected chi connectivity index (χ0v) is 15.0. The Morgan fingerprint density at radius 3 is 2.11 bits per heavy atom. The Balaban J connectivity index is 0.00000324. The van der Waals surface area contributed by atoms with Crippen LogP contribution in [-0.2, 0) is 10.1 Å². The molecule has 19 heavy (non-hydrogen) atoms. The average molecular weight is 293 g/mol. The van der Waals surface area contributed by atoms with E-state index in [-0.39, 0.29) is 35.3 Å². The molecule has 0 fully saturated rings. The number of aryl methyl sites for hydroxylation is 2. The van der Waals surface area contributed by atoms with Crippen molar-refractivity contribution >= 4 is 15.8 Å². The van der Waals surface area contributed by atoms with Crippen LogP contribution in [0.1, 0.15) is 24.5 Å². The summed E-state index contributed by atoms with van der Waals surface area (Å²) >= 11 is 0. The molecule has 0 atom stereocenters. The van der Waals surface area contributed by atoms with Crippen LogP contribution in [0.25, 0.3) is 0 Å². The van der Waals surface area contributed by atoms with Crippen molar-refractivity contribution in [3.8, 4) is 0 Å². The summed E-state index contributed by atoms with van der Waals surface area (Å²) in [5.41, 5.74) is 3.44. The van der Waals surface area contributed by atoms with Gasteiger partial charge in [0.15, 0.2) is 0 Å². The fourth-order valence-corrected chi connectivity index (χ4v) is 2.52. The molecule has 1 aromatic carbocycles. The number of nitrogens with zero attached hydrogens (tertiary/aromatic N) is 1. The van der Waals surface area contributed by atoms with Gasteiger partial charge < -0.3 is 9.45 Å². The summed E-state index contributed by atoms with van der Waals surface area (Å²) in [5, 5.41) is 0. The molecule has 0 N–H and O–H groups in total. The largest absolute Gasteiger partial charge is 1.00 e. The van der Waals surface area contributed by atoms with Crippen LogP contribution in [-0.4, -0.2) is 31.8 Å². The Morgan fingerprint density at radius 2 is 1.68 bits per heavy atom. The molecule has 102 valence electrons. The summed E-state index contributed by atoms with van der Waals surface area (Å²) in [5.74, 6) is -0.297. The molecule has 0 spiro atoms. The first-order chi connectivity index (χ1) is 8.31. The van der Waals surface area contributed by atoms with Gasteiger partial charge in [-0.25, -0.2) is 8.42 Å². The van der Waals surface area contributed by atoms with E-state index < -0.39 is 10.1 Å². The summed E-state index contributed by atoms with van der Waals surface area (Å²) in [4.78, 5) is 2.09. The Morgan fingerprint density at radius 1 is 1.16 bits per heavy atom. The molecule has 0 aliphatic carbocycles. The Kier molecular flexibility index (Phi) is 8.24. The molecule has 0 saturated heterocycles. The second-order valence-electron chi connectivity index (χ2n) is 4.54. The van der Waals surface area contributed by atoms with Crippen molar-refractivity contribution in [1.82, 2.24) is 0 Å². The van der Waals surface area contributed by atoms with Gasteiger partial charge in [0.1, 0.15) is 0 Å².